The molecular formula is C11H12N2O2S2. The summed E-state index contributed by atoms with van der Waals surface area (Å²) < 4.78 is 0. The zero-order valence-corrected chi connectivity index (χ0v) is 11.0. The Morgan fingerprint density at radius 3 is 2.76 bits per heavy atom. The lowest BCUT2D eigenvalue weighted by Crippen LogP contribution is -2.01. The average Bonchev–Trinajstić information content (AvgIpc) is 2.94. The molecule has 0 aromatic carbocycles. The van der Waals surface area contributed by atoms with Crippen molar-refractivity contribution in [2.45, 2.75) is 26.4 Å². The summed E-state index contributed by atoms with van der Waals surface area (Å²) in [6.07, 6.45) is 1.02. The maximum absolute atomic E-state index is 11.8. The van der Waals surface area contributed by atoms with Gasteiger partial charge in [0.2, 0.25) is 0 Å². The van der Waals surface area contributed by atoms with Gasteiger partial charge in [-0.2, -0.15) is 0 Å². The number of aromatic nitrogens is 2. The summed E-state index contributed by atoms with van der Waals surface area (Å²) in [4.78, 5) is 20.1. The first-order valence-corrected chi connectivity index (χ1v) is 6.94. The number of aliphatic hydroxyl groups is 1. The fourth-order valence-corrected chi connectivity index (χ4v) is 2.82. The van der Waals surface area contributed by atoms with Crippen molar-refractivity contribution in [1.29, 1.82) is 0 Å². The van der Waals surface area contributed by atoms with E-state index in [1.165, 1.54) is 22.7 Å². The van der Waals surface area contributed by atoms with E-state index in [1.54, 1.807) is 0 Å². The fourth-order valence-electron chi connectivity index (χ4n) is 1.37. The second kappa shape index (κ2) is 5.48. The van der Waals surface area contributed by atoms with Gasteiger partial charge in [0.25, 0.3) is 0 Å². The molecule has 0 spiro atoms. The number of aliphatic hydroxyl groups excluding tert-OH is 1. The Morgan fingerprint density at radius 2 is 2.18 bits per heavy atom. The number of thiazole rings is 2. The number of Topliss-reactive ketones (excluding diaryl/α,β-unsaturated/α-hetero) is 1. The molecule has 0 fully saturated rings. The Labute approximate surface area is 107 Å². The van der Waals surface area contributed by atoms with Gasteiger partial charge in [-0.3, -0.25) is 4.79 Å². The molecule has 2 aromatic rings. The Kier molecular flexibility index (Phi) is 3.98. The molecule has 0 saturated heterocycles. The van der Waals surface area contributed by atoms with Gasteiger partial charge < -0.3 is 5.11 Å². The fraction of sp³-hybridized carbons (Fsp3) is 0.364. The second-order valence-electron chi connectivity index (χ2n) is 3.61. The highest BCUT2D eigenvalue weighted by Gasteiger charge is 2.11. The lowest BCUT2D eigenvalue weighted by atomic mass is 10.2. The summed E-state index contributed by atoms with van der Waals surface area (Å²) >= 11 is 2.80. The van der Waals surface area contributed by atoms with Gasteiger partial charge in [-0.05, 0) is 13.3 Å². The smallest absolute Gasteiger partial charge is 0.191 e. The SMILES string of the molecule is Cc1csc(C(=O)CCc2csc(CO)n2)n1. The van der Waals surface area contributed by atoms with E-state index in [4.69, 9.17) is 5.11 Å². The first-order valence-electron chi connectivity index (χ1n) is 5.18. The van der Waals surface area contributed by atoms with Crippen molar-refractivity contribution in [1.82, 2.24) is 9.97 Å². The van der Waals surface area contributed by atoms with Crippen molar-refractivity contribution < 1.29 is 9.90 Å². The number of hydrogen-bond acceptors (Lipinski definition) is 6. The minimum Gasteiger partial charge on any atom is -0.389 e. The van der Waals surface area contributed by atoms with Crippen molar-refractivity contribution in [2.75, 3.05) is 0 Å². The molecule has 0 aliphatic carbocycles. The van der Waals surface area contributed by atoms with E-state index < -0.39 is 0 Å². The number of ketones is 1. The predicted octanol–water partition coefficient (Wildman–Crippen LogP) is 2.22. The van der Waals surface area contributed by atoms with Crippen LogP contribution in [-0.4, -0.2) is 20.9 Å². The molecule has 2 heterocycles. The molecule has 90 valence electrons. The number of aryl methyl sites for hydroxylation is 2. The van der Waals surface area contributed by atoms with Crippen LogP contribution in [-0.2, 0) is 13.0 Å². The van der Waals surface area contributed by atoms with E-state index in [2.05, 4.69) is 9.97 Å². The molecule has 0 aliphatic rings. The van der Waals surface area contributed by atoms with E-state index in [1.807, 2.05) is 17.7 Å². The van der Waals surface area contributed by atoms with Crippen molar-refractivity contribution >= 4 is 28.5 Å². The van der Waals surface area contributed by atoms with E-state index in [0.29, 0.717) is 22.9 Å². The number of carbonyl (C=O) groups is 1. The third-order valence-corrected chi connectivity index (χ3v) is 4.08. The number of nitrogens with zero attached hydrogens (tertiary/aromatic N) is 2. The largest absolute Gasteiger partial charge is 0.389 e. The quantitative estimate of drug-likeness (QED) is 0.845. The second-order valence-corrected chi connectivity index (χ2v) is 5.41. The number of hydrogen-bond donors (Lipinski definition) is 1. The third kappa shape index (κ3) is 3.18. The Balaban J connectivity index is 1.92. The molecule has 6 heteroatoms. The van der Waals surface area contributed by atoms with Gasteiger partial charge >= 0.3 is 0 Å². The molecule has 2 aromatic heterocycles. The van der Waals surface area contributed by atoms with Crippen molar-refractivity contribution in [2.24, 2.45) is 0 Å². The molecule has 1 N–H and O–H groups in total. The molecular weight excluding hydrogens is 256 g/mol. The normalized spacial score (nSPS) is 10.7. The van der Waals surface area contributed by atoms with Crippen molar-refractivity contribution in [3.63, 3.8) is 0 Å². The molecule has 17 heavy (non-hydrogen) atoms. The van der Waals surface area contributed by atoms with Gasteiger partial charge in [0.15, 0.2) is 10.8 Å². The number of rotatable bonds is 5. The lowest BCUT2D eigenvalue weighted by molar-refractivity contribution is 0.0982. The van der Waals surface area contributed by atoms with E-state index in [-0.39, 0.29) is 12.4 Å². The highest BCUT2D eigenvalue weighted by Crippen LogP contribution is 2.15. The van der Waals surface area contributed by atoms with Crippen LogP contribution in [0.2, 0.25) is 0 Å². The van der Waals surface area contributed by atoms with Crippen LogP contribution in [0.25, 0.3) is 0 Å². The van der Waals surface area contributed by atoms with Crippen LogP contribution in [0.5, 0.6) is 0 Å². The summed E-state index contributed by atoms with van der Waals surface area (Å²) in [6.45, 7) is 1.84. The van der Waals surface area contributed by atoms with Crippen LogP contribution >= 0.6 is 22.7 Å². The van der Waals surface area contributed by atoms with E-state index >= 15 is 0 Å². The van der Waals surface area contributed by atoms with Gasteiger partial charge in [0.1, 0.15) is 5.01 Å². The average molecular weight is 268 g/mol. The van der Waals surface area contributed by atoms with Crippen LogP contribution in [0.1, 0.15) is 32.6 Å². The van der Waals surface area contributed by atoms with Crippen molar-refractivity contribution in [3.8, 4) is 0 Å². The highest BCUT2D eigenvalue weighted by molar-refractivity contribution is 7.11. The van der Waals surface area contributed by atoms with Gasteiger partial charge in [-0.1, -0.05) is 0 Å². The third-order valence-electron chi connectivity index (χ3n) is 2.20. The van der Waals surface area contributed by atoms with Gasteiger partial charge in [0.05, 0.1) is 12.3 Å². The molecule has 0 aliphatic heterocycles. The van der Waals surface area contributed by atoms with Crippen molar-refractivity contribution in [3.05, 3.63) is 32.2 Å². The van der Waals surface area contributed by atoms with E-state index in [9.17, 15) is 4.79 Å². The summed E-state index contributed by atoms with van der Waals surface area (Å²) in [6, 6.07) is 0. The van der Waals surface area contributed by atoms with Gasteiger partial charge in [0, 0.05) is 22.9 Å². The summed E-state index contributed by atoms with van der Waals surface area (Å²) in [5, 5.41) is 13.9. The minimum atomic E-state index is -0.0374. The zero-order chi connectivity index (χ0) is 12.3. The van der Waals surface area contributed by atoms with Crippen LogP contribution in [0.4, 0.5) is 0 Å². The monoisotopic (exact) mass is 268 g/mol. The molecule has 0 atom stereocenters. The Morgan fingerprint density at radius 1 is 1.35 bits per heavy atom. The zero-order valence-electron chi connectivity index (χ0n) is 9.34. The van der Waals surface area contributed by atoms with Gasteiger partial charge in [-0.25, -0.2) is 9.97 Å². The lowest BCUT2D eigenvalue weighted by Gasteiger charge is -1.94. The summed E-state index contributed by atoms with van der Waals surface area (Å²) in [5.74, 6) is 0.0571. The Hall–Kier alpha value is -1.11. The van der Waals surface area contributed by atoms with Crippen LogP contribution in [0, 0.1) is 6.92 Å². The summed E-state index contributed by atoms with van der Waals surface area (Å²) in [7, 11) is 0. The van der Waals surface area contributed by atoms with Crippen LogP contribution in [0.15, 0.2) is 10.8 Å². The summed E-state index contributed by atoms with van der Waals surface area (Å²) in [5.41, 5.74) is 1.75. The molecule has 4 nitrogen and oxygen atoms in total. The minimum absolute atomic E-state index is 0.0374. The first-order chi connectivity index (χ1) is 8.19. The maximum Gasteiger partial charge on any atom is 0.191 e. The molecule has 2 rings (SSSR count). The van der Waals surface area contributed by atoms with Crippen LogP contribution < -0.4 is 0 Å². The van der Waals surface area contributed by atoms with Crippen LogP contribution in [0.3, 0.4) is 0 Å². The topological polar surface area (TPSA) is 63.1 Å². The molecule has 0 bridgehead atoms. The van der Waals surface area contributed by atoms with Gasteiger partial charge in [-0.15, -0.1) is 22.7 Å². The molecule has 0 radical (unpaired) electrons. The molecule has 0 amide bonds. The Bertz CT molecular complexity index is 519. The predicted molar refractivity (Wildman–Crippen MR) is 67.5 cm³/mol. The molecule has 0 unspecified atom stereocenters. The van der Waals surface area contributed by atoms with E-state index in [0.717, 1.165) is 11.4 Å². The number of carbonyl (C=O) groups excluding carboxylic acids is 1. The standard InChI is InChI=1S/C11H12N2O2S2/c1-7-5-17-11(12-7)9(15)3-2-8-6-16-10(4-14)13-8/h5-6,14H,2-4H2,1H3. The first kappa shape index (κ1) is 12.3. The maximum atomic E-state index is 11.8. The highest BCUT2D eigenvalue weighted by atomic mass is 32.1. The molecule has 0 saturated carbocycles.